The predicted octanol–water partition coefficient (Wildman–Crippen LogP) is 0.624. The zero-order chi connectivity index (χ0) is 18.1. The molecule has 134 valence electrons. The fourth-order valence-corrected chi connectivity index (χ4v) is 3.34. The number of likely N-dealkylation sites (tertiary alicyclic amines) is 2. The van der Waals surface area contributed by atoms with Crippen LogP contribution < -0.4 is 5.32 Å². The van der Waals surface area contributed by atoms with Crippen molar-refractivity contribution in [2.75, 3.05) is 26.7 Å². The molecule has 0 spiro atoms. The van der Waals surface area contributed by atoms with Crippen LogP contribution in [0.2, 0.25) is 0 Å². The average molecular weight is 344 g/mol. The van der Waals surface area contributed by atoms with Crippen LogP contribution >= 0.6 is 0 Å². The van der Waals surface area contributed by atoms with Crippen LogP contribution in [0.3, 0.4) is 0 Å². The summed E-state index contributed by atoms with van der Waals surface area (Å²) in [6.07, 6.45) is 0.252. The number of hydrogen-bond donors (Lipinski definition) is 1. The molecule has 0 aliphatic carbocycles. The fourth-order valence-electron chi connectivity index (χ4n) is 3.34. The van der Waals surface area contributed by atoms with Gasteiger partial charge in [-0.15, -0.1) is 0 Å². The molecule has 2 saturated heterocycles. The van der Waals surface area contributed by atoms with E-state index < -0.39 is 0 Å². The zero-order valence-electron chi connectivity index (χ0n) is 14.9. The summed E-state index contributed by atoms with van der Waals surface area (Å²) in [6, 6.07) is 5.50. The number of pyridine rings is 1. The Balaban J connectivity index is 1.59. The van der Waals surface area contributed by atoms with Crippen molar-refractivity contribution in [3.63, 3.8) is 0 Å². The number of aromatic nitrogens is 1. The highest BCUT2D eigenvalue weighted by atomic mass is 16.2. The Morgan fingerprint density at radius 2 is 1.96 bits per heavy atom. The van der Waals surface area contributed by atoms with Gasteiger partial charge in [-0.2, -0.15) is 0 Å². The molecule has 1 aromatic rings. The molecule has 0 radical (unpaired) electrons. The normalized spacial score (nSPS) is 20.8. The highest BCUT2D eigenvalue weighted by molar-refractivity contribution is 5.93. The number of amides is 3. The molecule has 1 atom stereocenters. The lowest BCUT2D eigenvalue weighted by Crippen LogP contribution is -2.61. The van der Waals surface area contributed by atoms with Crippen molar-refractivity contribution < 1.29 is 14.4 Å². The Kier molecular flexibility index (Phi) is 4.74. The lowest BCUT2D eigenvalue weighted by atomic mass is 10.1. The molecule has 2 aliphatic heterocycles. The molecule has 7 nitrogen and oxygen atoms in total. The van der Waals surface area contributed by atoms with E-state index in [0.717, 1.165) is 5.69 Å². The summed E-state index contributed by atoms with van der Waals surface area (Å²) in [6.45, 7) is 5.51. The second kappa shape index (κ2) is 6.82. The third-order valence-electron chi connectivity index (χ3n) is 4.95. The van der Waals surface area contributed by atoms with Crippen LogP contribution in [0.1, 0.15) is 42.4 Å². The van der Waals surface area contributed by atoms with Crippen LogP contribution in [0.15, 0.2) is 18.2 Å². The second-order valence-electron chi connectivity index (χ2n) is 7.03. The van der Waals surface area contributed by atoms with Gasteiger partial charge in [-0.25, -0.2) is 4.98 Å². The van der Waals surface area contributed by atoms with Crippen LogP contribution in [-0.4, -0.2) is 65.2 Å². The lowest BCUT2D eigenvalue weighted by Gasteiger charge is -2.43. The van der Waals surface area contributed by atoms with E-state index in [1.807, 2.05) is 26.0 Å². The number of rotatable bonds is 4. The maximum absolute atomic E-state index is 12.6. The van der Waals surface area contributed by atoms with E-state index in [1.165, 1.54) is 0 Å². The summed E-state index contributed by atoms with van der Waals surface area (Å²) in [5.74, 6) is -0.232. The van der Waals surface area contributed by atoms with Gasteiger partial charge in [0, 0.05) is 38.8 Å². The minimum atomic E-state index is -0.286. The maximum Gasteiger partial charge on any atom is 0.272 e. The molecule has 2 aliphatic rings. The van der Waals surface area contributed by atoms with Gasteiger partial charge < -0.3 is 15.1 Å². The first-order valence-electron chi connectivity index (χ1n) is 8.68. The molecule has 1 unspecified atom stereocenters. The molecular formula is C18H24N4O3. The quantitative estimate of drug-likeness (QED) is 0.868. The zero-order valence-corrected chi connectivity index (χ0v) is 14.9. The number of nitrogens with one attached hydrogen (secondary N) is 1. The minimum Gasteiger partial charge on any atom is -0.359 e. The first-order valence-corrected chi connectivity index (χ1v) is 8.68. The van der Waals surface area contributed by atoms with Crippen molar-refractivity contribution in [3.05, 3.63) is 29.6 Å². The van der Waals surface area contributed by atoms with Crippen LogP contribution in [-0.2, 0) is 9.59 Å². The Morgan fingerprint density at radius 1 is 1.24 bits per heavy atom. The van der Waals surface area contributed by atoms with Crippen molar-refractivity contribution in [3.8, 4) is 0 Å². The third-order valence-corrected chi connectivity index (χ3v) is 4.95. The number of hydrogen-bond acceptors (Lipinski definition) is 4. The van der Waals surface area contributed by atoms with Crippen molar-refractivity contribution in [2.24, 2.45) is 5.92 Å². The Bertz CT molecular complexity index is 697. The number of carbonyl (C=O) groups excluding carboxylic acids is 3. The Morgan fingerprint density at radius 3 is 2.60 bits per heavy atom. The standard InChI is InChI=1S/C18H24N4O3/c1-11(2)14-5-4-6-15(20-14)18(25)21-9-13(10-21)22-8-12(7-16(22)23)17(24)19-3/h4-6,11-13H,7-10H2,1-3H3,(H,19,24). The molecule has 7 heteroatoms. The molecule has 3 rings (SSSR count). The summed E-state index contributed by atoms with van der Waals surface area (Å²) in [5, 5.41) is 2.60. The summed E-state index contributed by atoms with van der Waals surface area (Å²) < 4.78 is 0. The van der Waals surface area contributed by atoms with Gasteiger partial charge in [0.15, 0.2) is 0 Å². The smallest absolute Gasteiger partial charge is 0.272 e. The van der Waals surface area contributed by atoms with Crippen LogP contribution in [0, 0.1) is 5.92 Å². The molecule has 0 bridgehead atoms. The molecule has 1 N–H and O–H groups in total. The van der Waals surface area contributed by atoms with E-state index >= 15 is 0 Å². The highest BCUT2D eigenvalue weighted by Crippen LogP contribution is 2.26. The van der Waals surface area contributed by atoms with E-state index in [2.05, 4.69) is 10.3 Å². The summed E-state index contributed by atoms with van der Waals surface area (Å²) >= 11 is 0. The van der Waals surface area contributed by atoms with Crippen molar-refractivity contribution in [1.29, 1.82) is 0 Å². The molecule has 1 aromatic heterocycles. The molecule has 0 aromatic carbocycles. The minimum absolute atomic E-state index is 0.000567. The molecule has 25 heavy (non-hydrogen) atoms. The molecule has 0 saturated carbocycles. The molecular weight excluding hydrogens is 320 g/mol. The summed E-state index contributed by atoms with van der Waals surface area (Å²) in [4.78, 5) is 44.3. The largest absolute Gasteiger partial charge is 0.359 e. The molecule has 3 amide bonds. The predicted molar refractivity (Wildman–Crippen MR) is 91.9 cm³/mol. The third kappa shape index (κ3) is 3.36. The van der Waals surface area contributed by atoms with Gasteiger partial charge in [0.1, 0.15) is 5.69 Å². The van der Waals surface area contributed by atoms with Gasteiger partial charge in [-0.3, -0.25) is 14.4 Å². The van der Waals surface area contributed by atoms with Crippen molar-refractivity contribution in [2.45, 2.75) is 32.2 Å². The van der Waals surface area contributed by atoms with Gasteiger partial charge >= 0.3 is 0 Å². The second-order valence-corrected chi connectivity index (χ2v) is 7.03. The van der Waals surface area contributed by atoms with Crippen LogP contribution in [0.5, 0.6) is 0 Å². The molecule has 2 fully saturated rings. The van der Waals surface area contributed by atoms with E-state index in [1.54, 1.807) is 22.9 Å². The van der Waals surface area contributed by atoms with Crippen molar-refractivity contribution in [1.82, 2.24) is 20.1 Å². The van der Waals surface area contributed by atoms with E-state index in [4.69, 9.17) is 0 Å². The summed E-state index contributed by atoms with van der Waals surface area (Å²) in [5.41, 5.74) is 1.34. The topological polar surface area (TPSA) is 82.6 Å². The summed E-state index contributed by atoms with van der Waals surface area (Å²) in [7, 11) is 1.58. The highest BCUT2D eigenvalue weighted by Gasteiger charge is 2.43. The van der Waals surface area contributed by atoms with Crippen LogP contribution in [0.25, 0.3) is 0 Å². The van der Waals surface area contributed by atoms with Crippen LogP contribution in [0.4, 0.5) is 0 Å². The van der Waals surface area contributed by atoms with E-state index in [0.29, 0.717) is 25.3 Å². The lowest BCUT2D eigenvalue weighted by molar-refractivity contribution is -0.132. The Labute approximate surface area is 147 Å². The number of carbonyl (C=O) groups is 3. The van der Waals surface area contributed by atoms with E-state index in [9.17, 15) is 14.4 Å². The fraction of sp³-hybridized carbons (Fsp3) is 0.556. The monoisotopic (exact) mass is 344 g/mol. The average Bonchev–Trinajstić information content (AvgIpc) is 2.94. The number of nitrogens with zero attached hydrogens (tertiary/aromatic N) is 3. The van der Waals surface area contributed by atoms with Crippen molar-refractivity contribution >= 4 is 17.7 Å². The first kappa shape index (κ1) is 17.4. The Hall–Kier alpha value is -2.44. The maximum atomic E-state index is 12.6. The van der Waals surface area contributed by atoms with Gasteiger partial charge in [0.25, 0.3) is 5.91 Å². The van der Waals surface area contributed by atoms with Gasteiger partial charge in [-0.1, -0.05) is 19.9 Å². The molecule has 3 heterocycles. The van der Waals surface area contributed by atoms with Gasteiger partial charge in [-0.05, 0) is 18.1 Å². The van der Waals surface area contributed by atoms with E-state index in [-0.39, 0.29) is 42.0 Å². The van der Waals surface area contributed by atoms with Gasteiger partial charge in [0.2, 0.25) is 11.8 Å². The van der Waals surface area contributed by atoms with Gasteiger partial charge in [0.05, 0.1) is 12.0 Å². The SMILES string of the molecule is CNC(=O)C1CC(=O)N(C2CN(C(=O)c3cccc(C(C)C)n3)C2)C1. The first-order chi connectivity index (χ1) is 11.9.